The van der Waals surface area contributed by atoms with E-state index in [1.54, 1.807) is 12.4 Å². The van der Waals surface area contributed by atoms with Gasteiger partial charge in [0.1, 0.15) is 0 Å². The van der Waals surface area contributed by atoms with E-state index in [1.807, 2.05) is 43.3 Å². The van der Waals surface area contributed by atoms with Crippen LogP contribution in [-0.4, -0.2) is 17.4 Å². The standard InChI is InChI=1S/C15H16N2O/c1-12-2-4-14(5-3-12)15(18)17-11-8-13-6-9-16-10-7-13/h2-7,9-10H,8,11H2,1H3,(H,17,18). The molecular formula is C15H16N2O. The molecular weight excluding hydrogens is 224 g/mol. The Morgan fingerprint density at radius 2 is 1.78 bits per heavy atom. The van der Waals surface area contributed by atoms with Crippen molar-refractivity contribution in [2.24, 2.45) is 0 Å². The van der Waals surface area contributed by atoms with E-state index in [0.29, 0.717) is 12.1 Å². The number of nitrogens with zero attached hydrogens (tertiary/aromatic N) is 1. The summed E-state index contributed by atoms with van der Waals surface area (Å²) in [6.45, 7) is 2.64. The number of amides is 1. The monoisotopic (exact) mass is 240 g/mol. The molecule has 0 radical (unpaired) electrons. The Balaban J connectivity index is 1.84. The maximum absolute atomic E-state index is 11.8. The Hall–Kier alpha value is -2.16. The lowest BCUT2D eigenvalue weighted by atomic mass is 10.1. The van der Waals surface area contributed by atoms with Gasteiger partial charge in [0.15, 0.2) is 0 Å². The second-order valence-electron chi connectivity index (χ2n) is 4.23. The molecule has 1 aromatic carbocycles. The summed E-state index contributed by atoms with van der Waals surface area (Å²) in [4.78, 5) is 15.8. The van der Waals surface area contributed by atoms with Crippen molar-refractivity contribution >= 4 is 5.91 Å². The van der Waals surface area contributed by atoms with Crippen LogP contribution in [0.3, 0.4) is 0 Å². The molecule has 0 saturated carbocycles. The maximum Gasteiger partial charge on any atom is 0.251 e. The van der Waals surface area contributed by atoms with Gasteiger partial charge in [0, 0.05) is 24.5 Å². The average molecular weight is 240 g/mol. The predicted octanol–water partition coefficient (Wildman–Crippen LogP) is 2.36. The van der Waals surface area contributed by atoms with E-state index in [1.165, 1.54) is 5.56 Å². The average Bonchev–Trinajstić information content (AvgIpc) is 2.40. The zero-order valence-corrected chi connectivity index (χ0v) is 10.4. The van der Waals surface area contributed by atoms with E-state index in [-0.39, 0.29) is 5.91 Å². The van der Waals surface area contributed by atoms with Crippen molar-refractivity contribution in [1.29, 1.82) is 0 Å². The fourth-order valence-electron chi connectivity index (χ4n) is 1.68. The summed E-state index contributed by atoms with van der Waals surface area (Å²) in [7, 11) is 0. The molecule has 0 atom stereocenters. The van der Waals surface area contributed by atoms with Gasteiger partial charge in [0.05, 0.1) is 0 Å². The van der Waals surface area contributed by atoms with Crippen LogP contribution in [0.25, 0.3) is 0 Å². The summed E-state index contributed by atoms with van der Waals surface area (Å²) in [6, 6.07) is 11.5. The first-order valence-electron chi connectivity index (χ1n) is 5.99. The minimum Gasteiger partial charge on any atom is -0.352 e. The fraction of sp³-hybridized carbons (Fsp3) is 0.200. The topological polar surface area (TPSA) is 42.0 Å². The lowest BCUT2D eigenvalue weighted by molar-refractivity contribution is 0.0954. The van der Waals surface area contributed by atoms with E-state index in [2.05, 4.69) is 10.3 Å². The number of pyridine rings is 1. The molecule has 0 spiro atoms. The summed E-state index contributed by atoms with van der Waals surface area (Å²) >= 11 is 0. The van der Waals surface area contributed by atoms with Gasteiger partial charge in [-0.15, -0.1) is 0 Å². The minimum atomic E-state index is -0.0240. The number of carbonyl (C=O) groups is 1. The van der Waals surface area contributed by atoms with Gasteiger partial charge in [-0.05, 0) is 43.2 Å². The molecule has 0 fully saturated rings. The predicted molar refractivity (Wildman–Crippen MR) is 71.5 cm³/mol. The van der Waals surface area contributed by atoms with E-state index >= 15 is 0 Å². The normalized spacial score (nSPS) is 10.1. The number of carbonyl (C=O) groups excluding carboxylic acids is 1. The smallest absolute Gasteiger partial charge is 0.251 e. The van der Waals surface area contributed by atoms with Crippen molar-refractivity contribution in [2.75, 3.05) is 6.54 Å². The molecule has 0 aliphatic carbocycles. The van der Waals surface area contributed by atoms with Crippen LogP contribution in [0.5, 0.6) is 0 Å². The van der Waals surface area contributed by atoms with Gasteiger partial charge in [-0.3, -0.25) is 9.78 Å². The quantitative estimate of drug-likeness (QED) is 0.891. The van der Waals surface area contributed by atoms with Crippen molar-refractivity contribution < 1.29 is 4.79 Å². The molecule has 1 heterocycles. The van der Waals surface area contributed by atoms with Gasteiger partial charge in [-0.25, -0.2) is 0 Å². The highest BCUT2D eigenvalue weighted by atomic mass is 16.1. The molecule has 1 amide bonds. The Morgan fingerprint density at radius 3 is 2.44 bits per heavy atom. The summed E-state index contributed by atoms with van der Waals surface area (Å²) < 4.78 is 0. The zero-order valence-electron chi connectivity index (χ0n) is 10.4. The summed E-state index contributed by atoms with van der Waals surface area (Å²) in [5.74, 6) is -0.0240. The van der Waals surface area contributed by atoms with Gasteiger partial charge >= 0.3 is 0 Å². The summed E-state index contributed by atoms with van der Waals surface area (Å²) in [6.07, 6.45) is 4.34. The van der Waals surface area contributed by atoms with Crippen LogP contribution in [0.1, 0.15) is 21.5 Å². The molecule has 92 valence electrons. The van der Waals surface area contributed by atoms with Gasteiger partial charge in [-0.2, -0.15) is 0 Å². The third kappa shape index (κ3) is 3.42. The highest BCUT2D eigenvalue weighted by Crippen LogP contribution is 2.03. The van der Waals surface area contributed by atoms with Crippen LogP contribution in [-0.2, 0) is 6.42 Å². The van der Waals surface area contributed by atoms with Crippen molar-refractivity contribution in [1.82, 2.24) is 10.3 Å². The van der Waals surface area contributed by atoms with Gasteiger partial charge in [0.2, 0.25) is 0 Å². The highest BCUT2D eigenvalue weighted by molar-refractivity contribution is 5.94. The van der Waals surface area contributed by atoms with Crippen LogP contribution >= 0.6 is 0 Å². The van der Waals surface area contributed by atoms with Gasteiger partial charge < -0.3 is 5.32 Å². The number of rotatable bonds is 4. The number of hydrogen-bond donors (Lipinski definition) is 1. The molecule has 3 heteroatoms. The molecule has 0 saturated heterocycles. The Bertz CT molecular complexity index is 506. The number of nitrogens with one attached hydrogen (secondary N) is 1. The largest absolute Gasteiger partial charge is 0.352 e. The Morgan fingerprint density at radius 1 is 1.11 bits per heavy atom. The second kappa shape index (κ2) is 5.96. The lowest BCUT2D eigenvalue weighted by Gasteiger charge is -2.05. The maximum atomic E-state index is 11.8. The third-order valence-electron chi connectivity index (χ3n) is 2.76. The van der Waals surface area contributed by atoms with Crippen LogP contribution < -0.4 is 5.32 Å². The van der Waals surface area contributed by atoms with Gasteiger partial charge in [-0.1, -0.05) is 17.7 Å². The number of benzene rings is 1. The number of hydrogen-bond acceptors (Lipinski definition) is 2. The van der Waals surface area contributed by atoms with E-state index in [9.17, 15) is 4.79 Å². The van der Waals surface area contributed by atoms with E-state index in [4.69, 9.17) is 0 Å². The first-order valence-corrected chi connectivity index (χ1v) is 5.99. The molecule has 0 aliphatic rings. The highest BCUT2D eigenvalue weighted by Gasteiger charge is 2.03. The molecule has 18 heavy (non-hydrogen) atoms. The number of aromatic nitrogens is 1. The Kier molecular flexibility index (Phi) is 4.07. The van der Waals surface area contributed by atoms with Crippen molar-refractivity contribution in [3.63, 3.8) is 0 Å². The van der Waals surface area contributed by atoms with Crippen molar-refractivity contribution in [3.05, 3.63) is 65.5 Å². The fourth-order valence-corrected chi connectivity index (χ4v) is 1.68. The van der Waals surface area contributed by atoms with Crippen LogP contribution in [0.2, 0.25) is 0 Å². The molecule has 3 nitrogen and oxygen atoms in total. The third-order valence-corrected chi connectivity index (χ3v) is 2.76. The molecule has 2 aromatic rings. The van der Waals surface area contributed by atoms with Crippen LogP contribution in [0, 0.1) is 6.92 Å². The van der Waals surface area contributed by atoms with Crippen LogP contribution in [0.4, 0.5) is 0 Å². The lowest BCUT2D eigenvalue weighted by Crippen LogP contribution is -2.25. The first kappa shape index (κ1) is 12.3. The van der Waals surface area contributed by atoms with E-state index < -0.39 is 0 Å². The van der Waals surface area contributed by atoms with Crippen LogP contribution in [0.15, 0.2) is 48.8 Å². The summed E-state index contributed by atoms with van der Waals surface area (Å²) in [5, 5.41) is 2.91. The number of aryl methyl sites for hydroxylation is 1. The van der Waals surface area contributed by atoms with Crippen molar-refractivity contribution in [3.8, 4) is 0 Å². The Labute approximate surface area is 107 Å². The SMILES string of the molecule is Cc1ccc(C(=O)NCCc2ccncc2)cc1. The molecule has 0 bridgehead atoms. The molecule has 0 unspecified atom stereocenters. The molecule has 1 aromatic heterocycles. The van der Waals surface area contributed by atoms with Crippen molar-refractivity contribution in [2.45, 2.75) is 13.3 Å². The molecule has 2 rings (SSSR count). The molecule has 1 N–H and O–H groups in total. The molecule has 0 aliphatic heterocycles. The minimum absolute atomic E-state index is 0.0240. The summed E-state index contributed by atoms with van der Waals surface area (Å²) in [5.41, 5.74) is 3.04. The first-order chi connectivity index (χ1) is 8.75. The van der Waals surface area contributed by atoms with E-state index in [0.717, 1.165) is 12.0 Å². The zero-order chi connectivity index (χ0) is 12.8. The second-order valence-corrected chi connectivity index (χ2v) is 4.23. The van der Waals surface area contributed by atoms with Gasteiger partial charge in [0.25, 0.3) is 5.91 Å².